The van der Waals surface area contributed by atoms with Crippen LogP contribution in [-0.2, 0) is 14.8 Å². The molecule has 0 radical (unpaired) electrons. The lowest BCUT2D eigenvalue weighted by molar-refractivity contribution is 0.0635. The van der Waals surface area contributed by atoms with E-state index in [2.05, 4.69) is 10.0 Å². The zero-order valence-corrected chi connectivity index (χ0v) is 13.5. The number of anilines is 1. The maximum absolute atomic E-state index is 12.1. The molecule has 0 spiro atoms. The second-order valence-electron chi connectivity index (χ2n) is 6.20. The predicted molar refractivity (Wildman–Crippen MR) is 81.3 cm³/mol. The van der Waals surface area contributed by atoms with E-state index in [0.717, 1.165) is 12.8 Å². The van der Waals surface area contributed by atoms with Crippen molar-refractivity contribution in [3.05, 3.63) is 18.2 Å². The van der Waals surface area contributed by atoms with Gasteiger partial charge in [0.1, 0.15) is 11.4 Å². The highest BCUT2D eigenvalue weighted by atomic mass is 32.2. The average Bonchev–Trinajstić information content (AvgIpc) is 3.12. The molecule has 1 aromatic carbocycles. The van der Waals surface area contributed by atoms with Crippen molar-refractivity contribution in [1.29, 1.82) is 0 Å². The number of amides is 1. The van der Waals surface area contributed by atoms with Crippen molar-refractivity contribution in [2.24, 2.45) is 0 Å². The van der Waals surface area contributed by atoms with Gasteiger partial charge in [-0.2, -0.15) is 0 Å². The number of carbonyl (C=O) groups is 1. The number of ether oxygens (including phenoxy) is 1. The molecule has 2 rings (SSSR count). The molecule has 1 aliphatic carbocycles. The zero-order valence-electron chi connectivity index (χ0n) is 12.7. The Morgan fingerprint density at radius 2 is 1.95 bits per heavy atom. The molecule has 1 fully saturated rings. The summed E-state index contributed by atoms with van der Waals surface area (Å²) >= 11 is 0. The van der Waals surface area contributed by atoms with Gasteiger partial charge in [0, 0.05) is 6.04 Å². The Hall–Kier alpha value is -1.80. The predicted octanol–water partition coefficient (Wildman–Crippen LogP) is 2.18. The molecule has 1 amide bonds. The Kier molecular flexibility index (Phi) is 4.35. The van der Waals surface area contributed by atoms with E-state index in [9.17, 15) is 18.3 Å². The van der Waals surface area contributed by atoms with Gasteiger partial charge in [-0.3, -0.25) is 5.32 Å². The molecule has 0 bridgehead atoms. The summed E-state index contributed by atoms with van der Waals surface area (Å²) in [5.74, 6) is -0.240. The molecular weight excluding hydrogens is 308 g/mol. The summed E-state index contributed by atoms with van der Waals surface area (Å²) in [5.41, 5.74) is -0.718. The summed E-state index contributed by atoms with van der Waals surface area (Å²) in [7, 11) is -3.66. The minimum atomic E-state index is -3.66. The first-order valence-corrected chi connectivity index (χ1v) is 8.40. The minimum Gasteiger partial charge on any atom is -0.506 e. The van der Waals surface area contributed by atoms with Crippen LogP contribution in [0.1, 0.15) is 33.6 Å². The van der Waals surface area contributed by atoms with Crippen LogP contribution in [0.4, 0.5) is 10.5 Å². The lowest BCUT2D eigenvalue weighted by atomic mass is 10.2. The summed E-state index contributed by atoms with van der Waals surface area (Å²) in [4.78, 5) is 11.7. The third kappa shape index (κ3) is 4.60. The van der Waals surface area contributed by atoms with Crippen LogP contribution in [0.5, 0.6) is 5.75 Å². The summed E-state index contributed by atoms with van der Waals surface area (Å²) in [5, 5.41) is 12.1. The summed E-state index contributed by atoms with van der Waals surface area (Å²) in [6.45, 7) is 5.10. The van der Waals surface area contributed by atoms with E-state index in [1.165, 1.54) is 18.2 Å². The Morgan fingerprint density at radius 1 is 1.32 bits per heavy atom. The van der Waals surface area contributed by atoms with E-state index in [1.54, 1.807) is 20.8 Å². The molecule has 0 saturated heterocycles. The number of hydrogen-bond donors (Lipinski definition) is 3. The van der Waals surface area contributed by atoms with E-state index >= 15 is 0 Å². The molecule has 3 N–H and O–H groups in total. The number of sulfonamides is 1. The number of aromatic hydroxyl groups is 1. The van der Waals surface area contributed by atoms with Crippen LogP contribution < -0.4 is 10.0 Å². The molecule has 1 aromatic rings. The van der Waals surface area contributed by atoms with Gasteiger partial charge in [0.2, 0.25) is 10.0 Å². The lowest BCUT2D eigenvalue weighted by Crippen LogP contribution is -2.28. The smallest absolute Gasteiger partial charge is 0.412 e. The average molecular weight is 328 g/mol. The van der Waals surface area contributed by atoms with E-state index in [4.69, 9.17) is 4.74 Å². The highest BCUT2D eigenvalue weighted by molar-refractivity contribution is 7.89. The first-order valence-electron chi connectivity index (χ1n) is 6.92. The molecule has 1 aliphatic rings. The van der Waals surface area contributed by atoms with Gasteiger partial charge in [0.15, 0.2) is 0 Å². The van der Waals surface area contributed by atoms with Crippen molar-refractivity contribution in [2.45, 2.75) is 50.2 Å². The van der Waals surface area contributed by atoms with Gasteiger partial charge < -0.3 is 9.84 Å². The van der Waals surface area contributed by atoms with E-state index < -0.39 is 21.7 Å². The van der Waals surface area contributed by atoms with Crippen molar-refractivity contribution in [1.82, 2.24) is 4.72 Å². The van der Waals surface area contributed by atoms with Gasteiger partial charge in [-0.1, -0.05) is 0 Å². The maximum Gasteiger partial charge on any atom is 0.412 e. The van der Waals surface area contributed by atoms with E-state index in [1.807, 2.05) is 0 Å². The number of phenols is 1. The van der Waals surface area contributed by atoms with Gasteiger partial charge in [-0.25, -0.2) is 17.9 Å². The van der Waals surface area contributed by atoms with Gasteiger partial charge in [-0.05, 0) is 51.8 Å². The van der Waals surface area contributed by atoms with Gasteiger partial charge in [0.05, 0.1) is 10.6 Å². The maximum atomic E-state index is 12.1. The number of phenolic OH excluding ortho intramolecular Hbond substituents is 1. The van der Waals surface area contributed by atoms with Crippen molar-refractivity contribution in [3.8, 4) is 5.75 Å². The van der Waals surface area contributed by atoms with E-state index in [0.29, 0.717) is 0 Å². The van der Waals surface area contributed by atoms with Crippen LogP contribution in [0.2, 0.25) is 0 Å². The number of carbonyl (C=O) groups excluding carboxylic acids is 1. The molecule has 122 valence electrons. The second-order valence-corrected chi connectivity index (χ2v) is 7.92. The lowest BCUT2D eigenvalue weighted by Gasteiger charge is -2.20. The Bertz CT molecular complexity index is 675. The van der Waals surface area contributed by atoms with Gasteiger partial charge in [0.25, 0.3) is 0 Å². The SMILES string of the molecule is CC(C)(C)OC(=O)Nc1cc(S(=O)(=O)NC2CC2)ccc1O. The highest BCUT2D eigenvalue weighted by Gasteiger charge is 2.28. The molecular formula is C14H20N2O5S. The second kappa shape index (κ2) is 5.77. The number of hydrogen-bond acceptors (Lipinski definition) is 5. The fourth-order valence-corrected chi connectivity index (χ4v) is 3.02. The van der Waals surface area contributed by atoms with Crippen molar-refractivity contribution >= 4 is 21.8 Å². The van der Waals surface area contributed by atoms with Crippen LogP contribution >= 0.6 is 0 Å². The monoisotopic (exact) mass is 328 g/mol. The highest BCUT2D eigenvalue weighted by Crippen LogP contribution is 2.28. The summed E-state index contributed by atoms with van der Waals surface area (Å²) in [6, 6.07) is 3.67. The van der Waals surface area contributed by atoms with Crippen molar-refractivity contribution in [2.75, 3.05) is 5.32 Å². The molecule has 8 heteroatoms. The molecule has 0 atom stereocenters. The number of benzene rings is 1. The fraction of sp³-hybridized carbons (Fsp3) is 0.500. The molecule has 1 saturated carbocycles. The zero-order chi connectivity index (χ0) is 16.5. The quantitative estimate of drug-likeness (QED) is 0.735. The molecule has 0 aliphatic heterocycles. The van der Waals surface area contributed by atoms with Gasteiger partial charge >= 0.3 is 6.09 Å². The van der Waals surface area contributed by atoms with Crippen LogP contribution in [0, 0.1) is 0 Å². The minimum absolute atomic E-state index is 0.0204. The standard InChI is InChI=1S/C14H20N2O5S/c1-14(2,3)21-13(18)15-11-8-10(6-7-12(11)17)22(19,20)16-9-4-5-9/h6-9,16-17H,4-5H2,1-3H3,(H,15,18). The van der Waals surface area contributed by atoms with Crippen LogP contribution in [0.25, 0.3) is 0 Å². The number of nitrogens with one attached hydrogen (secondary N) is 2. The molecule has 22 heavy (non-hydrogen) atoms. The van der Waals surface area contributed by atoms with Crippen LogP contribution in [0.3, 0.4) is 0 Å². The largest absolute Gasteiger partial charge is 0.506 e. The normalized spacial score (nSPS) is 15.4. The fourth-order valence-electron chi connectivity index (χ4n) is 1.68. The van der Waals surface area contributed by atoms with Crippen molar-refractivity contribution < 1.29 is 23.1 Å². The first kappa shape index (κ1) is 16.6. The molecule has 0 aromatic heterocycles. The van der Waals surface area contributed by atoms with E-state index in [-0.39, 0.29) is 22.4 Å². The first-order chi connectivity index (χ1) is 10.1. The molecule has 0 heterocycles. The topological polar surface area (TPSA) is 105 Å². The van der Waals surface area contributed by atoms with Crippen molar-refractivity contribution in [3.63, 3.8) is 0 Å². The Labute approximate surface area is 129 Å². The third-order valence-corrected chi connectivity index (χ3v) is 4.33. The molecule has 0 unspecified atom stereocenters. The Morgan fingerprint density at radius 3 is 2.50 bits per heavy atom. The summed E-state index contributed by atoms with van der Waals surface area (Å²) < 4.78 is 31.8. The molecule has 7 nitrogen and oxygen atoms in total. The van der Waals surface area contributed by atoms with Crippen LogP contribution in [0.15, 0.2) is 23.1 Å². The third-order valence-electron chi connectivity index (χ3n) is 2.81. The van der Waals surface area contributed by atoms with Crippen LogP contribution in [-0.4, -0.2) is 31.3 Å². The Balaban J connectivity index is 2.18. The number of rotatable bonds is 4. The summed E-state index contributed by atoms with van der Waals surface area (Å²) in [6.07, 6.45) is 0.869. The van der Waals surface area contributed by atoms with Gasteiger partial charge in [-0.15, -0.1) is 0 Å².